The molecule has 0 spiro atoms. The summed E-state index contributed by atoms with van der Waals surface area (Å²) in [6.07, 6.45) is 9.04. The van der Waals surface area contributed by atoms with Crippen LogP contribution >= 0.6 is 0 Å². The van der Waals surface area contributed by atoms with E-state index in [4.69, 9.17) is 10.5 Å². The monoisotopic (exact) mass is 259 g/mol. The maximum absolute atomic E-state index is 6.17. The van der Waals surface area contributed by atoms with Crippen LogP contribution in [0, 0.1) is 5.92 Å². The molecular weight excluding hydrogens is 234 g/mol. The lowest BCUT2D eigenvalue weighted by Gasteiger charge is -2.28. The fourth-order valence-corrected chi connectivity index (χ4v) is 3.55. The molecule has 1 fully saturated rings. The zero-order valence-electron chi connectivity index (χ0n) is 11.9. The molecule has 2 N–H and O–H groups in total. The van der Waals surface area contributed by atoms with Crippen LogP contribution in [0.4, 0.5) is 0 Å². The number of aryl methyl sites for hydroxylation is 1. The van der Waals surface area contributed by atoms with Crippen molar-refractivity contribution in [1.82, 2.24) is 0 Å². The highest BCUT2D eigenvalue weighted by molar-refractivity contribution is 5.40. The number of hydrogen-bond acceptors (Lipinski definition) is 2. The fourth-order valence-electron chi connectivity index (χ4n) is 3.55. The molecule has 1 unspecified atom stereocenters. The highest BCUT2D eigenvalue weighted by Gasteiger charge is 2.23. The summed E-state index contributed by atoms with van der Waals surface area (Å²) in [5.74, 6) is 1.98. The molecule has 1 saturated carbocycles. The lowest BCUT2D eigenvalue weighted by molar-refractivity contribution is 0.130. The van der Waals surface area contributed by atoms with Gasteiger partial charge >= 0.3 is 0 Å². The summed E-state index contributed by atoms with van der Waals surface area (Å²) in [5, 5.41) is 0. The SMILES string of the molecule is CCC1CCC(Oc2ccc3c(c2)CCC3N)CC1. The highest BCUT2D eigenvalue weighted by Crippen LogP contribution is 2.34. The van der Waals surface area contributed by atoms with Crippen LogP contribution in [-0.4, -0.2) is 6.10 Å². The first-order chi connectivity index (χ1) is 9.26. The molecule has 0 heterocycles. The average Bonchev–Trinajstić information content (AvgIpc) is 2.81. The first-order valence-corrected chi connectivity index (χ1v) is 7.81. The summed E-state index contributed by atoms with van der Waals surface area (Å²) in [5.41, 5.74) is 8.79. The molecule has 0 aromatic heterocycles. The minimum atomic E-state index is 0.240. The topological polar surface area (TPSA) is 35.2 Å². The Morgan fingerprint density at radius 1 is 1.16 bits per heavy atom. The first kappa shape index (κ1) is 13.0. The van der Waals surface area contributed by atoms with Crippen molar-refractivity contribution in [3.8, 4) is 5.75 Å². The van der Waals surface area contributed by atoms with Crippen LogP contribution in [-0.2, 0) is 6.42 Å². The van der Waals surface area contributed by atoms with Gasteiger partial charge in [0.2, 0.25) is 0 Å². The standard InChI is InChI=1S/C17H25NO/c1-2-12-3-6-14(7-4-12)19-15-8-9-16-13(11-15)5-10-17(16)18/h8-9,11-12,14,17H,2-7,10,18H2,1H3. The Bertz CT molecular complexity index is 435. The molecule has 1 atom stereocenters. The van der Waals surface area contributed by atoms with Crippen LogP contribution in [0.15, 0.2) is 18.2 Å². The number of hydrogen-bond donors (Lipinski definition) is 1. The van der Waals surface area contributed by atoms with Crippen molar-refractivity contribution in [2.45, 2.75) is 64.0 Å². The van der Waals surface area contributed by atoms with Crippen molar-refractivity contribution in [2.24, 2.45) is 11.7 Å². The second kappa shape index (κ2) is 5.54. The Morgan fingerprint density at radius 3 is 2.68 bits per heavy atom. The van der Waals surface area contributed by atoms with E-state index in [1.54, 1.807) is 0 Å². The zero-order valence-corrected chi connectivity index (χ0v) is 11.9. The summed E-state index contributed by atoms with van der Waals surface area (Å²) < 4.78 is 6.17. The molecule has 2 aliphatic rings. The molecule has 1 aromatic carbocycles. The van der Waals surface area contributed by atoms with Crippen LogP contribution in [0.2, 0.25) is 0 Å². The van der Waals surface area contributed by atoms with E-state index in [-0.39, 0.29) is 6.04 Å². The fraction of sp³-hybridized carbons (Fsp3) is 0.647. The zero-order chi connectivity index (χ0) is 13.2. The van der Waals surface area contributed by atoms with E-state index in [1.165, 1.54) is 43.2 Å². The van der Waals surface area contributed by atoms with Gasteiger partial charge in [-0.25, -0.2) is 0 Å². The Balaban J connectivity index is 1.62. The van der Waals surface area contributed by atoms with Gasteiger partial charge in [0.15, 0.2) is 0 Å². The van der Waals surface area contributed by atoms with Crippen molar-refractivity contribution >= 4 is 0 Å². The van der Waals surface area contributed by atoms with Gasteiger partial charge in [0.1, 0.15) is 5.75 Å². The van der Waals surface area contributed by atoms with E-state index in [0.29, 0.717) is 6.10 Å². The van der Waals surface area contributed by atoms with Crippen molar-refractivity contribution in [2.75, 3.05) is 0 Å². The summed E-state index contributed by atoms with van der Waals surface area (Å²) in [4.78, 5) is 0. The normalized spacial score (nSPS) is 30.1. The third kappa shape index (κ3) is 2.79. The van der Waals surface area contributed by atoms with Gasteiger partial charge < -0.3 is 10.5 Å². The molecule has 2 heteroatoms. The van der Waals surface area contributed by atoms with Crippen LogP contribution in [0.5, 0.6) is 5.75 Å². The minimum absolute atomic E-state index is 0.240. The molecule has 1 aromatic rings. The number of rotatable bonds is 3. The smallest absolute Gasteiger partial charge is 0.120 e. The number of benzene rings is 1. The molecule has 2 nitrogen and oxygen atoms in total. The molecule has 19 heavy (non-hydrogen) atoms. The largest absolute Gasteiger partial charge is 0.490 e. The third-order valence-electron chi connectivity index (χ3n) is 4.91. The van der Waals surface area contributed by atoms with Crippen LogP contribution in [0.1, 0.15) is 62.6 Å². The van der Waals surface area contributed by atoms with Gasteiger partial charge in [-0.2, -0.15) is 0 Å². The third-order valence-corrected chi connectivity index (χ3v) is 4.91. The molecule has 0 bridgehead atoms. The van der Waals surface area contributed by atoms with Gasteiger partial charge in [-0.1, -0.05) is 19.4 Å². The lowest BCUT2D eigenvalue weighted by atomic mass is 9.86. The highest BCUT2D eigenvalue weighted by atomic mass is 16.5. The summed E-state index contributed by atoms with van der Waals surface area (Å²) in [7, 11) is 0. The van der Waals surface area contributed by atoms with E-state index in [1.807, 2.05) is 0 Å². The van der Waals surface area contributed by atoms with E-state index in [2.05, 4.69) is 25.1 Å². The van der Waals surface area contributed by atoms with Crippen LogP contribution < -0.4 is 10.5 Å². The van der Waals surface area contributed by atoms with Crippen molar-refractivity contribution in [3.05, 3.63) is 29.3 Å². The van der Waals surface area contributed by atoms with Gasteiger partial charge in [-0.05, 0) is 67.7 Å². The lowest BCUT2D eigenvalue weighted by Crippen LogP contribution is -2.23. The molecule has 0 aliphatic heterocycles. The summed E-state index contributed by atoms with van der Waals surface area (Å²) in [6, 6.07) is 6.73. The van der Waals surface area contributed by atoms with Gasteiger partial charge in [0, 0.05) is 6.04 Å². The van der Waals surface area contributed by atoms with Crippen LogP contribution in [0.25, 0.3) is 0 Å². The van der Waals surface area contributed by atoms with E-state index in [9.17, 15) is 0 Å². The Kier molecular flexibility index (Phi) is 3.79. The molecular formula is C17H25NO. The predicted molar refractivity (Wildman–Crippen MR) is 78.4 cm³/mol. The van der Waals surface area contributed by atoms with Crippen molar-refractivity contribution < 1.29 is 4.74 Å². The maximum Gasteiger partial charge on any atom is 0.120 e. The molecule has 0 saturated heterocycles. The maximum atomic E-state index is 6.17. The van der Waals surface area contributed by atoms with E-state index in [0.717, 1.165) is 24.5 Å². The predicted octanol–water partition coefficient (Wildman–Crippen LogP) is 3.98. The Hall–Kier alpha value is -1.02. The molecule has 0 amide bonds. The van der Waals surface area contributed by atoms with Gasteiger partial charge in [0.05, 0.1) is 6.10 Å². The molecule has 104 valence electrons. The first-order valence-electron chi connectivity index (χ1n) is 7.81. The van der Waals surface area contributed by atoms with Crippen LogP contribution in [0.3, 0.4) is 0 Å². The summed E-state index contributed by atoms with van der Waals surface area (Å²) >= 11 is 0. The Labute approximate surface area is 116 Å². The quantitative estimate of drug-likeness (QED) is 0.891. The van der Waals surface area contributed by atoms with Crippen molar-refractivity contribution in [3.63, 3.8) is 0 Å². The molecule has 0 radical (unpaired) electrons. The van der Waals surface area contributed by atoms with Gasteiger partial charge in [0.25, 0.3) is 0 Å². The number of ether oxygens (including phenoxy) is 1. The molecule has 2 aliphatic carbocycles. The minimum Gasteiger partial charge on any atom is -0.490 e. The van der Waals surface area contributed by atoms with Crippen molar-refractivity contribution in [1.29, 1.82) is 0 Å². The number of nitrogens with two attached hydrogens (primary N) is 1. The Morgan fingerprint density at radius 2 is 1.95 bits per heavy atom. The van der Waals surface area contributed by atoms with E-state index >= 15 is 0 Å². The van der Waals surface area contributed by atoms with Gasteiger partial charge in [-0.15, -0.1) is 0 Å². The van der Waals surface area contributed by atoms with Gasteiger partial charge in [-0.3, -0.25) is 0 Å². The molecule has 3 rings (SSSR count). The summed E-state index contributed by atoms with van der Waals surface area (Å²) in [6.45, 7) is 2.30. The second-order valence-corrected chi connectivity index (χ2v) is 6.17. The van der Waals surface area contributed by atoms with E-state index < -0.39 is 0 Å². The average molecular weight is 259 g/mol. The number of fused-ring (bicyclic) bond motifs is 1. The second-order valence-electron chi connectivity index (χ2n) is 6.17.